The van der Waals surface area contributed by atoms with Crippen LogP contribution in [0.25, 0.3) is 0 Å². The smallest absolute Gasteiger partial charge is 0.441 e. The average molecular weight is 483 g/mol. The van der Waals surface area contributed by atoms with Crippen molar-refractivity contribution in [3.05, 3.63) is 0 Å². The lowest BCUT2D eigenvalue weighted by molar-refractivity contribution is -0.165. The highest BCUT2D eigenvalue weighted by Crippen LogP contribution is 2.65. The first-order valence-electron chi connectivity index (χ1n) is 11.7. The first kappa shape index (κ1) is 27.7. The summed E-state index contributed by atoms with van der Waals surface area (Å²) >= 11 is 0. The first-order valence-corrected chi connectivity index (χ1v) is 11.7. The molecule has 0 aromatic rings. The minimum absolute atomic E-state index is 0.0262. The fraction of sp³-hybridized carbons (Fsp3) is 0.833. The van der Waals surface area contributed by atoms with E-state index in [1.165, 1.54) is 0 Å². The van der Waals surface area contributed by atoms with Gasteiger partial charge in [0.25, 0.3) is 0 Å². The van der Waals surface area contributed by atoms with E-state index in [1.54, 1.807) is 46.4 Å². The fourth-order valence-corrected chi connectivity index (χ4v) is 4.47. The Morgan fingerprint density at radius 2 is 1.53 bits per heavy atom. The Morgan fingerprint density at radius 1 is 1.00 bits per heavy atom. The number of nitrogens with two attached hydrogens (primary N) is 1. The summed E-state index contributed by atoms with van der Waals surface area (Å²) in [5.74, 6) is -0.513. The molecule has 2 fully saturated rings. The number of amidine groups is 1. The molecule has 194 valence electrons. The Labute approximate surface area is 202 Å². The van der Waals surface area contributed by atoms with Gasteiger partial charge in [-0.05, 0) is 58.3 Å². The minimum atomic E-state index is -0.946. The van der Waals surface area contributed by atoms with Gasteiger partial charge in [-0.15, -0.1) is 5.48 Å². The number of likely N-dealkylation sites (tertiary alicyclic amines) is 1. The van der Waals surface area contributed by atoms with Gasteiger partial charge in [0.15, 0.2) is 0 Å². The quantitative estimate of drug-likeness (QED) is 0.273. The number of nitrogens with zero attached hydrogens (tertiary/aromatic N) is 2. The second-order valence-corrected chi connectivity index (χ2v) is 12.9. The predicted molar refractivity (Wildman–Crippen MR) is 127 cm³/mol. The van der Waals surface area contributed by atoms with Gasteiger partial charge in [-0.3, -0.25) is 4.79 Å². The largest absolute Gasteiger partial charge is 0.458 e. The van der Waals surface area contributed by atoms with E-state index < -0.39 is 46.8 Å². The van der Waals surface area contributed by atoms with Crippen molar-refractivity contribution in [3.63, 3.8) is 0 Å². The molecule has 10 heteroatoms. The average Bonchev–Trinajstić information content (AvgIpc) is 2.97. The highest BCUT2D eigenvalue weighted by atomic mass is 16.7. The second kappa shape index (κ2) is 8.92. The SMILES string of the molecule is CC(C)(C)OC(=O)NOC(N)=N[C@H](C(=O)N1C[C@H]2[C@@H]([C@H]1C(=O)OC(C)(C)C)C2(C)C)C(C)(C)C. The molecule has 2 rings (SSSR count). The third-order valence-corrected chi connectivity index (χ3v) is 6.09. The number of rotatable bonds is 3. The third kappa shape index (κ3) is 6.54. The van der Waals surface area contributed by atoms with Crippen LogP contribution in [0, 0.1) is 22.7 Å². The van der Waals surface area contributed by atoms with Crippen LogP contribution in [0.4, 0.5) is 4.79 Å². The molecule has 1 saturated heterocycles. The van der Waals surface area contributed by atoms with Crippen LogP contribution < -0.4 is 11.2 Å². The molecule has 1 aliphatic heterocycles. The van der Waals surface area contributed by atoms with Crippen LogP contribution in [0.15, 0.2) is 4.99 Å². The summed E-state index contributed by atoms with van der Waals surface area (Å²) < 4.78 is 10.8. The maximum Gasteiger partial charge on any atom is 0.441 e. The van der Waals surface area contributed by atoms with Gasteiger partial charge in [-0.25, -0.2) is 14.6 Å². The molecule has 3 N–H and O–H groups in total. The molecular formula is C24H42N4O6. The summed E-state index contributed by atoms with van der Waals surface area (Å²) in [4.78, 5) is 49.5. The molecule has 34 heavy (non-hydrogen) atoms. The van der Waals surface area contributed by atoms with E-state index in [2.05, 4.69) is 24.3 Å². The van der Waals surface area contributed by atoms with Gasteiger partial charge in [-0.1, -0.05) is 34.6 Å². The Balaban J connectivity index is 2.23. The summed E-state index contributed by atoms with van der Waals surface area (Å²) in [5, 5.41) is 0. The zero-order valence-electron chi connectivity index (χ0n) is 22.4. The number of hydrogen-bond donors (Lipinski definition) is 2. The lowest BCUT2D eigenvalue weighted by Crippen LogP contribution is -2.53. The molecule has 0 radical (unpaired) electrons. The summed E-state index contributed by atoms with van der Waals surface area (Å²) in [6.07, 6.45) is -0.837. The number of fused-ring (bicyclic) bond motifs is 1. The van der Waals surface area contributed by atoms with Gasteiger partial charge >= 0.3 is 18.1 Å². The van der Waals surface area contributed by atoms with E-state index in [9.17, 15) is 14.4 Å². The van der Waals surface area contributed by atoms with E-state index in [-0.39, 0.29) is 23.2 Å². The first-order chi connectivity index (χ1) is 15.1. The molecule has 1 heterocycles. The van der Waals surface area contributed by atoms with Crippen LogP contribution in [0.3, 0.4) is 0 Å². The van der Waals surface area contributed by atoms with E-state index in [0.29, 0.717) is 6.54 Å². The lowest BCUT2D eigenvalue weighted by Gasteiger charge is -2.36. The molecular weight excluding hydrogens is 440 g/mol. The zero-order valence-corrected chi connectivity index (χ0v) is 22.4. The van der Waals surface area contributed by atoms with Crippen LogP contribution in [0.5, 0.6) is 0 Å². The molecule has 0 aromatic carbocycles. The van der Waals surface area contributed by atoms with Crippen molar-refractivity contribution in [1.82, 2.24) is 10.4 Å². The second-order valence-electron chi connectivity index (χ2n) is 12.9. The van der Waals surface area contributed by atoms with Crippen LogP contribution in [0.2, 0.25) is 0 Å². The molecule has 0 aromatic heterocycles. The van der Waals surface area contributed by atoms with Gasteiger partial charge in [0, 0.05) is 12.5 Å². The van der Waals surface area contributed by atoms with Crippen molar-refractivity contribution in [3.8, 4) is 0 Å². The van der Waals surface area contributed by atoms with Gasteiger partial charge in [-0.2, -0.15) is 0 Å². The Hall–Kier alpha value is -2.52. The number of amides is 2. The van der Waals surface area contributed by atoms with Gasteiger partial charge in [0.1, 0.15) is 23.3 Å². The molecule has 10 nitrogen and oxygen atoms in total. The summed E-state index contributed by atoms with van der Waals surface area (Å²) in [6, 6.07) is -2.02. The van der Waals surface area contributed by atoms with Crippen molar-refractivity contribution < 1.29 is 28.7 Å². The molecule has 2 amide bonds. The number of esters is 1. The topological polar surface area (TPSA) is 133 Å². The van der Waals surface area contributed by atoms with Crippen molar-refractivity contribution in [1.29, 1.82) is 0 Å². The van der Waals surface area contributed by atoms with E-state index >= 15 is 0 Å². The lowest BCUT2D eigenvalue weighted by atomic mass is 9.85. The zero-order chi connectivity index (χ0) is 26.4. The van der Waals surface area contributed by atoms with Gasteiger partial charge < -0.3 is 24.9 Å². The summed E-state index contributed by atoms with van der Waals surface area (Å²) in [6.45, 7) is 20.7. The summed E-state index contributed by atoms with van der Waals surface area (Å²) in [5.41, 5.74) is 5.86. The van der Waals surface area contributed by atoms with E-state index in [1.807, 2.05) is 20.8 Å². The van der Waals surface area contributed by atoms with Gasteiger partial charge in [0.05, 0.1) is 0 Å². The number of hydrogen-bond acceptors (Lipinski definition) is 7. The van der Waals surface area contributed by atoms with Crippen LogP contribution in [-0.2, 0) is 23.9 Å². The molecule has 2 aliphatic rings. The van der Waals surface area contributed by atoms with Crippen molar-refractivity contribution >= 4 is 24.0 Å². The molecule has 1 saturated carbocycles. The monoisotopic (exact) mass is 482 g/mol. The highest BCUT2D eigenvalue weighted by molar-refractivity contribution is 5.91. The van der Waals surface area contributed by atoms with Crippen LogP contribution >= 0.6 is 0 Å². The molecule has 0 unspecified atom stereocenters. The number of hydroxylamine groups is 1. The van der Waals surface area contributed by atoms with Crippen LogP contribution in [0.1, 0.15) is 76.2 Å². The van der Waals surface area contributed by atoms with Crippen molar-refractivity contribution in [2.45, 2.75) is 99.4 Å². The Kier molecular flexibility index (Phi) is 7.28. The normalized spacial score (nSPS) is 25.2. The highest BCUT2D eigenvalue weighted by Gasteiger charge is 2.70. The Morgan fingerprint density at radius 3 is 2.00 bits per heavy atom. The van der Waals surface area contributed by atoms with E-state index in [4.69, 9.17) is 20.0 Å². The maximum absolute atomic E-state index is 13.7. The number of carbonyl (C=O) groups excluding carboxylic acids is 3. The number of piperidine rings is 1. The molecule has 0 bridgehead atoms. The summed E-state index contributed by atoms with van der Waals surface area (Å²) in [7, 11) is 0. The van der Waals surface area contributed by atoms with Crippen molar-refractivity contribution in [2.24, 2.45) is 33.4 Å². The standard InChI is InChI=1S/C24H42N4O6/c1-21(2,3)16(26-19(25)34-27-20(31)33-23(7,8)9)17(29)28-12-13-14(24(13,10)11)15(28)18(30)32-22(4,5)6/h13-16H,12H2,1-11H3,(H2,25,26)(H,27,31)/t13-,14-,15-,16+/m0/s1. The van der Waals surface area contributed by atoms with E-state index in [0.717, 1.165) is 0 Å². The number of aliphatic imine (C=N–C) groups is 1. The molecule has 0 spiro atoms. The minimum Gasteiger partial charge on any atom is -0.458 e. The number of carbonyl (C=O) groups is 3. The maximum atomic E-state index is 13.7. The fourth-order valence-electron chi connectivity index (χ4n) is 4.47. The van der Waals surface area contributed by atoms with Crippen molar-refractivity contribution in [2.75, 3.05) is 6.54 Å². The molecule has 1 aliphatic carbocycles. The third-order valence-electron chi connectivity index (χ3n) is 6.09. The Bertz CT molecular complexity index is 847. The number of ether oxygens (including phenoxy) is 2. The molecule has 4 atom stereocenters. The van der Waals surface area contributed by atoms with Gasteiger partial charge in [0.2, 0.25) is 5.91 Å². The predicted octanol–water partition coefficient (Wildman–Crippen LogP) is 3.00. The number of nitrogens with one attached hydrogen (secondary N) is 1. The van der Waals surface area contributed by atoms with Crippen LogP contribution in [-0.4, -0.2) is 58.7 Å².